The number of carbonyl (C=O) groups excluding carboxylic acids is 2. The summed E-state index contributed by atoms with van der Waals surface area (Å²) in [6, 6.07) is 15.1. The van der Waals surface area contributed by atoms with Crippen LogP contribution >= 0.6 is 24.2 Å². The van der Waals surface area contributed by atoms with Gasteiger partial charge in [-0.3, -0.25) is 9.69 Å². The van der Waals surface area contributed by atoms with Gasteiger partial charge in [0.2, 0.25) is 0 Å². The van der Waals surface area contributed by atoms with Crippen LogP contribution < -0.4 is 14.7 Å². The topological polar surface area (TPSA) is 67.7 Å². The van der Waals surface area contributed by atoms with E-state index in [4.69, 9.17) is 29.5 Å². The summed E-state index contributed by atoms with van der Waals surface area (Å²) in [5, 5.41) is 9.44. The van der Waals surface area contributed by atoms with Gasteiger partial charge in [0.1, 0.15) is 17.9 Å². The van der Waals surface area contributed by atoms with Crippen molar-refractivity contribution in [3.63, 3.8) is 0 Å². The minimum absolute atomic E-state index is 0.0988. The van der Waals surface area contributed by atoms with Gasteiger partial charge in [-0.1, -0.05) is 11.6 Å². The highest BCUT2D eigenvalue weighted by Gasteiger charge is 2.51. The number of nitriles is 1. The van der Waals surface area contributed by atoms with Crippen molar-refractivity contribution in [3.8, 4) is 6.07 Å². The molecule has 0 N–H and O–H groups in total. The van der Waals surface area contributed by atoms with Crippen molar-refractivity contribution in [1.29, 1.82) is 5.26 Å². The molecule has 2 aliphatic heterocycles. The molecule has 0 bridgehead atoms. The Kier molecular flexibility index (Phi) is 6.11. The van der Waals surface area contributed by atoms with E-state index in [9.17, 15) is 9.59 Å². The van der Waals surface area contributed by atoms with Gasteiger partial charge < -0.3 is 14.6 Å². The second-order valence-corrected chi connectivity index (χ2v) is 9.57. The molecule has 0 radical (unpaired) electrons. The highest BCUT2D eigenvalue weighted by molar-refractivity contribution is 7.81. The number of aldehydes is 1. The minimum Gasteiger partial charge on any atom is -0.371 e. The lowest BCUT2D eigenvalue weighted by molar-refractivity contribution is -0.120. The Morgan fingerprint density at radius 2 is 1.69 bits per heavy atom. The first kappa shape index (κ1) is 22.5. The van der Waals surface area contributed by atoms with Crippen LogP contribution in [0.25, 0.3) is 0 Å². The number of anilines is 3. The molecular weight excluding hydrogens is 444 g/mol. The van der Waals surface area contributed by atoms with E-state index in [1.54, 1.807) is 23.1 Å². The zero-order valence-corrected chi connectivity index (χ0v) is 19.7. The van der Waals surface area contributed by atoms with Crippen LogP contribution in [0.2, 0.25) is 5.02 Å². The number of hydrogen-bond donors (Lipinski definition) is 1. The third-order valence-corrected chi connectivity index (χ3v) is 7.16. The Morgan fingerprint density at radius 3 is 2.25 bits per heavy atom. The number of benzene rings is 2. The lowest BCUT2D eigenvalue weighted by Crippen LogP contribution is -2.45. The summed E-state index contributed by atoms with van der Waals surface area (Å²) in [6.45, 7) is 5.47. The molecule has 8 heteroatoms. The Morgan fingerprint density at radius 1 is 1.09 bits per heavy atom. The van der Waals surface area contributed by atoms with Gasteiger partial charge in [0.25, 0.3) is 5.91 Å². The van der Waals surface area contributed by atoms with Gasteiger partial charge in [0.05, 0.1) is 10.6 Å². The summed E-state index contributed by atoms with van der Waals surface area (Å²) in [4.78, 5) is 30.2. The number of thiol groups is 1. The molecule has 166 valence electrons. The molecule has 0 spiro atoms. The van der Waals surface area contributed by atoms with Gasteiger partial charge in [0, 0.05) is 36.1 Å². The second kappa shape index (κ2) is 8.68. The quantitative estimate of drug-likeness (QED) is 0.529. The number of carbonyl (C=O) groups is 2. The van der Waals surface area contributed by atoms with E-state index in [2.05, 4.69) is 17.0 Å². The maximum atomic E-state index is 13.4. The molecular formula is C24H25ClN4O2S. The molecule has 1 unspecified atom stereocenters. The van der Waals surface area contributed by atoms with E-state index in [0.717, 1.165) is 43.6 Å². The van der Waals surface area contributed by atoms with Crippen LogP contribution in [0, 0.1) is 17.2 Å². The van der Waals surface area contributed by atoms with Gasteiger partial charge in [-0.15, -0.1) is 12.6 Å². The van der Waals surface area contributed by atoms with Gasteiger partial charge in [-0.25, -0.2) is 0 Å². The number of amides is 1. The predicted molar refractivity (Wildman–Crippen MR) is 130 cm³/mol. The van der Waals surface area contributed by atoms with E-state index in [1.165, 1.54) is 0 Å². The number of piperidine rings is 1. The molecule has 4 rings (SSSR count). The van der Waals surface area contributed by atoms with E-state index in [0.29, 0.717) is 16.3 Å². The van der Waals surface area contributed by atoms with Crippen LogP contribution in [0.3, 0.4) is 0 Å². The van der Waals surface area contributed by atoms with E-state index in [-0.39, 0.29) is 11.8 Å². The first-order valence-corrected chi connectivity index (χ1v) is 11.5. The highest BCUT2D eigenvalue weighted by Crippen LogP contribution is 2.41. The Labute approximate surface area is 198 Å². The summed E-state index contributed by atoms with van der Waals surface area (Å²) in [6.07, 6.45) is 2.81. The summed E-state index contributed by atoms with van der Waals surface area (Å²) < 4.78 is 0. The van der Waals surface area contributed by atoms with Crippen molar-refractivity contribution in [1.82, 2.24) is 0 Å². The molecule has 6 nitrogen and oxygen atoms in total. The van der Waals surface area contributed by atoms with Gasteiger partial charge >= 0.3 is 0 Å². The van der Waals surface area contributed by atoms with Crippen molar-refractivity contribution >= 4 is 53.5 Å². The van der Waals surface area contributed by atoms with Gasteiger partial charge in [0.15, 0.2) is 5.50 Å². The fourth-order valence-corrected chi connectivity index (χ4v) is 5.35. The second-order valence-electron chi connectivity index (χ2n) is 8.70. The van der Waals surface area contributed by atoms with E-state index in [1.807, 2.05) is 36.9 Å². The molecule has 0 aliphatic carbocycles. The standard InChI is InChI=1S/C24H25ClN4O2S/c1-24(2)22(31)28(20-4-3-17(14-26)21(25)13-20)23(32)29(24)19-7-5-18(6-8-19)27-11-9-16(15-30)10-12-27/h3-8,13,15-16,23,32H,9-12H2,1-2H3. The summed E-state index contributed by atoms with van der Waals surface area (Å²) >= 11 is 11.0. The molecule has 2 aliphatic rings. The first-order chi connectivity index (χ1) is 15.3. The van der Waals surface area contributed by atoms with E-state index >= 15 is 0 Å². The van der Waals surface area contributed by atoms with Crippen LogP contribution in [-0.2, 0) is 9.59 Å². The third-order valence-electron chi connectivity index (χ3n) is 6.38. The highest BCUT2D eigenvalue weighted by atomic mass is 35.5. The van der Waals surface area contributed by atoms with Crippen molar-refractivity contribution in [2.75, 3.05) is 27.8 Å². The third kappa shape index (κ3) is 3.82. The summed E-state index contributed by atoms with van der Waals surface area (Å²) in [5.74, 6) is 0.0619. The van der Waals surface area contributed by atoms with Crippen molar-refractivity contribution in [2.45, 2.75) is 37.7 Å². The van der Waals surface area contributed by atoms with Crippen LogP contribution in [0.4, 0.5) is 17.1 Å². The van der Waals surface area contributed by atoms with Crippen LogP contribution in [0.1, 0.15) is 32.3 Å². The van der Waals surface area contributed by atoms with Crippen molar-refractivity contribution < 1.29 is 9.59 Å². The molecule has 2 heterocycles. The largest absolute Gasteiger partial charge is 0.371 e. The van der Waals surface area contributed by atoms with Crippen molar-refractivity contribution in [2.24, 2.45) is 5.92 Å². The number of hydrogen-bond acceptors (Lipinski definition) is 6. The van der Waals surface area contributed by atoms with Crippen LogP contribution in [-0.4, -0.2) is 36.3 Å². The van der Waals surface area contributed by atoms with E-state index < -0.39 is 11.0 Å². The normalized spacial score (nSPS) is 21.0. The van der Waals surface area contributed by atoms with Crippen LogP contribution in [0.15, 0.2) is 42.5 Å². The van der Waals surface area contributed by atoms with Crippen molar-refractivity contribution in [3.05, 3.63) is 53.1 Å². The molecule has 2 fully saturated rings. The maximum absolute atomic E-state index is 13.4. The zero-order valence-electron chi connectivity index (χ0n) is 18.0. The fourth-order valence-electron chi connectivity index (χ4n) is 4.48. The fraction of sp³-hybridized carbons (Fsp3) is 0.375. The molecule has 2 aromatic carbocycles. The Balaban J connectivity index is 1.59. The molecule has 0 saturated carbocycles. The van der Waals surface area contributed by atoms with Gasteiger partial charge in [-0.05, 0) is 69.2 Å². The summed E-state index contributed by atoms with van der Waals surface area (Å²) in [7, 11) is 0. The molecule has 32 heavy (non-hydrogen) atoms. The molecule has 2 saturated heterocycles. The van der Waals surface area contributed by atoms with Crippen LogP contribution in [0.5, 0.6) is 0 Å². The Bertz CT molecular complexity index is 1070. The SMILES string of the molecule is CC1(C)C(=O)N(c2ccc(C#N)c(Cl)c2)C(S)N1c1ccc(N2CCC(C=O)CC2)cc1. The average molecular weight is 469 g/mol. The lowest BCUT2D eigenvalue weighted by Gasteiger charge is -2.35. The maximum Gasteiger partial charge on any atom is 0.254 e. The zero-order chi connectivity index (χ0) is 23.0. The molecule has 1 amide bonds. The Hall–Kier alpha value is -2.69. The monoisotopic (exact) mass is 468 g/mol. The number of halogens is 1. The lowest BCUT2D eigenvalue weighted by atomic mass is 9.98. The minimum atomic E-state index is -0.823. The molecule has 1 atom stereocenters. The molecule has 2 aromatic rings. The average Bonchev–Trinajstić information content (AvgIpc) is 2.97. The number of nitrogens with zero attached hydrogens (tertiary/aromatic N) is 4. The predicted octanol–water partition coefficient (Wildman–Crippen LogP) is 4.47. The summed E-state index contributed by atoms with van der Waals surface area (Å²) in [5.41, 5.74) is 1.60. The van der Waals surface area contributed by atoms with Gasteiger partial charge in [-0.2, -0.15) is 5.26 Å². The first-order valence-electron chi connectivity index (χ1n) is 10.6. The smallest absolute Gasteiger partial charge is 0.254 e. The molecule has 0 aromatic heterocycles. The number of rotatable bonds is 4.